The first-order chi connectivity index (χ1) is 8.40. The zero-order valence-electron chi connectivity index (χ0n) is 9.18. The van der Waals surface area contributed by atoms with Crippen LogP contribution in [0.1, 0.15) is 24.6 Å². The monoisotopic (exact) mass is 225 g/mol. The number of hydrogen-bond donors (Lipinski definition) is 1. The normalized spacial score (nSPS) is 15.5. The van der Waals surface area contributed by atoms with E-state index >= 15 is 0 Å². The van der Waals surface area contributed by atoms with Gasteiger partial charge in [0.1, 0.15) is 11.4 Å². The standard InChI is InChI=1S/C13H11N3O/c1-2-4-10-9(3-1)7-11(17-10)13-14-12(15-16-13)8-5-6-8/h1-4,7-8H,5-6H2,(H,14,15,16). The van der Waals surface area contributed by atoms with Gasteiger partial charge in [-0.15, -0.1) is 0 Å². The Kier molecular flexibility index (Phi) is 1.69. The minimum absolute atomic E-state index is 0.584. The first-order valence-corrected chi connectivity index (χ1v) is 5.81. The number of furan rings is 1. The van der Waals surface area contributed by atoms with E-state index in [9.17, 15) is 0 Å². The Morgan fingerprint density at radius 3 is 2.94 bits per heavy atom. The lowest BCUT2D eigenvalue weighted by molar-refractivity contribution is 0.625. The SMILES string of the molecule is c1ccc2oc(-c3n[nH]c(C4CC4)n3)cc2c1. The van der Waals surface area contributed by atoms with Gasteiger partial charge in [0.2, 0.25) is 5.82 Å². The predicted octanol–water partition coefficient (Wildman–Crippen LogP) is 3.10. The molecule has 1 aliphatic rings. The quantitative estimate of drug-likeness (QED) is 0.729. The molecule has 0 radical (unpaired) electrons. The third kappa shape index (κ3) is 1.45. The first kappa shape index (κ1) is 8.98. The molecule has 4 nitrogen and oxygen atoms in total. The van der Waals surface area contributed by atoms with Crippen LogP contribution in [0.5, 0.6) is 0 Å². The van der Waals surface area contributed by atoms with E-state index in [-0.39, 0.29) is 0 Å². The Labute approximate surface area is 97.7 Å². The van der Waals surface area contributed by atoms with Gasteiger partial charge in [-0.25, -0.2) is 4.98 Å². The van der Waals surface area contributed by atoms with Gasteiger partial charge < -0.3 is 4.42 Å². The lowest BCUT2D eigenvalue weighted by Gasteiger charge is -1.86. The highest BCUT2D eigenvalue weighted by Gasteiger charge is 2.27. The fourth-order valence-electron chi connectivity index (χ4n) is 2.02. The van der Waals surface area contributed by atoms with Crippen molar-refractivity contribution < 1.29 is 4.42 Å². The van der Waals surface area contributed by atoms with Gasteiger partial charge in [0.05, 0.1) is 0 Å². The molecule has 17 heavy (non-hydrogen) atoms. The summed E-state index contributed by atoms with van der Waals surface area (Å²) in [5.74, 6) is 2.96. The fraction of sp³-hybridized carbons (Fsp3) is 0.231. The van der Waals surface area contributed by atoms with Crippen molar-refractivity contribution in [1.82, 2.24) is 15.2 Å². The van der Waals surface area contributed by atoms with Crippen LogP contribution in [0.2, 0.25) is 0 Å². The van der Waals surface area contributed by atoms with Gasteiger partial charge in [-0.1, -0.05) is 18.2 Å². The van der Waals surface area contributed by atoms with Crippen molar-refractivity contribution in [2.24, 2.45) is 0 Å². The molecule has 0 atom stereocenters. The largest absolute Gasteiger partial charge is 0.453 e. The minimum atomic E-state index is 0.584. The molecule has 3 aromatic rings. The van der Waals surface area contributed by atoms with Crippen molar-refractivity contribution in [2.75, 3.05) is 0 Å². The van der Waals surface area contributed by atoms with Crippen molar-refractivity contribution >= 4 is 11.0 Å². The van der Waals surface area contributed by atoms with Crippen LogP contribution in [0.25, 0.3) is 22.6 Å². The molecule has 1 saturated carbocycles. The fourth-order valence-corrected chi connectivity index (χ4v) is 2.02. The van der Waals surface area contributed by atoms with E-state index in [0.717, 1.165) is 22.6 Å². The summed E-state index contributed by atoms with van der Waals surface area (Å²) in [5, 5.41) is 8.29. The number of fused-ring (bicyclic) bond motifs is 1. The summed E-state index contributed by atoms with van der Waals surface area (Å²) >= 11 is 0. The molecule has 4 rings (SSSR count). The van der Waals surface area contributed by atoms with Gasteiger partial charge in [0.25, 0.3) is 0 Å². The third-order valence-electron chi connectivity index (χ3n) is 3.11. The maximum Gasteiger partial charge on any atom is 0.216 e. The number of aromatic amines is 1. The number of benzene rings is 1. The molecule has 0 unspecified atom stereocenters. The Morgan fingerprint density at radius 2 is 2.12 bits per heavy atom. The zero-order valence-corrected chi connectivity index (χ0v) is 9.18. The van der Waals surface area contributed by atoms with Crippen LogP contribution in [0, 0.1) is 0 Å². The van der Waals surface area contributed by atoms with Crippen molar-refractivity contribution in [2.45, 2.75) is 18.8 Å². The molecule has 0 aliphatic heterocycles. The maximum atomic E-state index is 5.72. The van der Waals surface area contributed by atoms with Crippen LogP contribution >= 0.6 is 0 Å². The van der Waals surface area contributed by atoms with E-state index in [2.05, 4.69) is 15.2 Å². The Hall–Kier alpha value is -2.10. The van der Waals surface area contributed by atoms with Gasteiger partial charge in [-0.3, -0.25) is 5.10 Å². The summed E-state index contributed by atoms with van der Waals surface area (Å²) in [7, 11) is 0. The van der Waals surface area contributed by atoms with Crippen molar-refractivity contribution in [3.63, 3.8) is 0 Å². The van der Waals surface area contributed by atoms with Crippen LogP contribution in [0.3, 0.4) is 0 Å². The van der Waals surface area contributed by atoms with Gasteiger partial charge in [-0.05, 0) is 25.0 Å². The van der Waals surface area contributed by atoms with E-state index < -0.39 is 0 Å². The molecule has 1 fully saturated rings. The Bertz CT molecular complexity index is 646. The smallest absolute Gasteiger partial charge is 0.216 e. The number of nitrogens with zero attached hydrogens (tertiary/aromatic N) is 2. The molecular formula is C13H11N3O. The maximum absolute atomic E-state index is 5.72. The number of rotatable bonds is 2. The van der Waals surface area contributed by atoms with E-state index in [1.807, 2.05) is 30.3 Å². The van der Waals surface area contributed by atoms with E-state index in [1.165, 1.54) is 12.8 Å². The first-order valence-electron chi connectivity index (χ1n) is 5.81. The van der Waals surface area contributed by atoms with E-state index in [1.54, 1.807) is 0 Å². The van der Waals surface area contributed by atoms with Crippen molar-refractivity contribution in [3.8, 4) is 11.6 Å². The molecule has 0 bridgehead atoms. The Morgan fingerprint density at radius 1 is 1.24 bits per heavy atom. The van der Waals surface area contributed by atoms with Crippen molar-refractivity contribution in [1.29, 1.82) is 0 Å². The minimum Gasteiger partial charge on any atom is -0.453 e. The second-order valence-corrected chi connectivity index (χ2v) is 4.47. The van der Waals surface area contributed by atoms with Crippen molar-refractivity contribution in [3.05, 3.63) is 36.2 Å². The zero-order chi connectivity index (χ0) is 11.2. The molecule has 2 aromatic heterocycles. The number of para-hydroxylation sites is 1. The van der Waals surface area contributed by atoms with Crippen LogP contribution in [0.15, 0.2) is 34.7 Å². The second-order valence-electron chi connectivity index (χ2n) is 4.47. The summed E-state index contributed by atoms with van der Waals surface area (Å²) in [6.07, 6.45) is 2.43. The average Bonchev–Trinajstić information content (AvgIpc) is 2.94. The van der Waals surface area contributed by atoms with Gasteiger partial charge in [0.15, 0.2) is 5.76 Å². The van der Waals surface area contributed by atoms with Crippen LogP contribution in [-0.4, -0.2) is 15.2 Å². The lowest BCUT2D eigenvalue weighted by Crippen LogP contribution is -1.80. The highest BCUT2D eigenvalue weighted by atomic mass is 16.3. The van der Waals surface area contributed by atoms with Gasteiger partial charge >= 0.3 is 0 Å². The molecule has 4 heteroatoms. The van der Waals surface area contributed by atoms with Crippen LogP contribution < -0.4 is 0 Å². The summed E-state index contributed by atoms with van der Waals surface area (Å²) < 4.78 is 5.72. The highest BCUT2D eigenvalue weighted by molar-refractivity contribution is 5.81. The topological polar surface area (TPSA) is 54.7 Å². The molecule has 0 amide bonds. The third-order valence-corrected chi connectivity index (χ3v) is 3.11. The van der Waals surface area contributed by atoms with E-state index in [4.69, 9.17) is 4.42 Å². The van der Waals surface area contributed by atoms with Gasteiger partial charge in [0, 0.05) is 11.3 Å². The van der Waals surface area contributed by atoms with Crippen LogP contribution in [0.4, 0.5) is 0 Å². The predicted molar refractivity (Wildman–Crippen MR) is 63.6 cm³/mol. The highest BCUT2D eigenvalue weighted by Crippen LogP contribution is 2.38. The molecule has 2 heterocycles. The van der Waals surface area contributed by atoms with E-state index in [0.29, 0.717) is 11.7 Å². The van der Waals surface area contributed by atoms with Gasteiger partial charge in [-0.2, -0.15) is 5.10 Å². The number of H-pyrrole nitrogens is 1. The molecule has 84 valence electrons. The number of hydrogen-bond acceptors (Lipinski definition) is 3. The number of nitrogens with one attached hydrogen (secondary N) is 1. The molecule has 0 spiro atoms. The average molecular weight is 225 g/mol. The summed E-state index contributed by atoms with van der Waals surface area (Å²) in [6, 6.07) is 9.91. The number of aromatic nitrogens is 3. The molecule has 1 N–H and O–H groups in total. The molecule has 1 aromatic carbocycles. The summed E-state index contributed by atoms with van der Waals surface area (Å²) in [6.45, 7) is 0. The molecule has 1 aliphatic carbocycles. The summed E-state index contributed by atoms with van der Waals surface area (Å²) in [5.41, 5.74) is 0.875. The Balaban J connectivity index is 1.80. The molecule has 0 saturated heterocycles. The summed E-state index contributed by atoms with van der Waals surface area (Å²) in [4.78, 5) is 4.48. The van der Waals surface area contributed by atoms with Crippen LogP contribution in [-0.2, 0) is 0 Å². The second kappa shape index (κ2) is 3.20. The molecular weight excluding hydrogens is 214 g/mol. The lowest BCUT2D eigenvalue weighted by atomic mass is 10.2.